The first-order chi connectivity index (χ1) is 15.0. The Balaban J connectivity index is 1.39. The van der Waals surface area contributed by atoms with Crippen LogP contribution in [0.4, 0.5) is 0 Å². The number of imidazole rings is 1. The zero-order valence-electron chi connectivity index (χ0n) is 16.9. The zero-order valence-corrected chi connectivity index (χ0v) is 19.3. The standard InChI is InChI=1S/C23H21BrN4O2S/c1-27(22(30)11-16-5-3-2-4-6-16)14-21(29)25-12-19-13-26-23-28(19)20(15-31-23)17-7-9-18(24)10-8-17/h2-10,13,15H,11-12,14H2,1H3,(H,25,29). The van der Waals surface area contributed by atoms with E-state index in [0.717, 1.165) is 31.9 Å². The number of hydrogen-bond acceptors (Lipinski definition) is 4. The van der Waals surface area contributed by atoms with Crippen molar-refractivity contribution in [3.63, 3.8) is 0 Å². The summed E-state index contributed by atoms with van der Waals surface area (Å²) < 4.78 is 3.07. The first-order valence-electron chi connectivity index (χ1n) is 9.75. The van der Waals surface area contributed by atoms with Gasteiger partial charge in [0, 0.05) is 16.9 Å². The van der Waals surface area contributed by atoms with Crippen molar-refractivity contribution in [1.29, 1.82) is 0 Å². The largest absolute Gasteiger partial charge is 0.349 e. The molecule has 0 saturated carbocycles. The zero-order chi connectivity index (χ0) is 21.8. The number of benzene rings is 2. The van der Waals surface area contributed by atoms with Gasteiger partial charge >= 0.3 is 0 Å². The van der Waals surface area contributed by atoms with E-state index in [1.54, 1.807) is 24.6 Å². The highest BCUT2D eigenvalue weighted by Gasteiger charge is 2.15. The van der Waals surface area contributed by atoms with Crippen LogP contribution in [0.15, 0.2) is 70.6 Å². The number of aromatic nitrogens is 2. The average molecular weight is 497 g/mol. The van der Waals surface area contributed by atoms with Crippen molar-refractivity contribution in [1.82, 2.24) is 19.6 Å². The van der Waals surface area contributed by atoms with Gasteiger partial charge in [-0.1, -0.05) is 58.4 Å². The third-order valence-electron chi connectivity index (χ3n) is 4.93. The Labute approximate surface area is 192 Å². The quantitative estimate of drug-likeness (QED) is 0.418. The molecule has 2 amide bonds. The number of hydrogen-bond donors (Lipinski definition) is 1. The van der Waals surface area contributed by atoms with Gasteiger partial charge in [0.2, 0.25) is 11.8 Å². The van der Waals surface area contributed by atoms with E-state index in [0.29, 0.717) is 6.54 Å². The van der Waals surface area contributed by atoms with E-state index in [2.05, 4.69) is 36.0 Å². The Hall–Kier alpha value is -2.97. The summed E-state index contributed by atoms with van der Waals surface area (Å²) in [4.78, 5) is 31.6. The highest BCUT2D eigenvalue weighted by molar-refractivity contribution is 9.10. The maximum Gasteiger partial charge on any atom is 0.239 e. The Morgan fingerprint density at radius 2 is 1.87 bits per heavy atom. The minimum Gasteiger partial charge on any atom is -0.349 e. The molecule has 0 unspecified atom stereocenters. The minimum atomic E-state index is -0.209. The predicted molar refractivity (Wildman–Crippen MR) is 126 cm³/mol. The van der Waals surface area contributed by atoms with Crippen LogP contribution in [0.25, 0.3) is 16.2 Å². The lowest BCUT2D eigenvalue weighted by atomic mass is 10.1. The molecule has 2 aromatic carbocycles. The van der Waals surface area contributed by atoms with Crippen molar-refractivity contribution in [2.75, 3.05) is 13.6 Å². The van der Waals surface area contributed by atoms with E-state index in [1.807, 2.05) is 54.6 Å². The molecule has 0 saturated heterocycles. The molecule has 0 fully saturated rings. The molecule has 4 aromatic rings. The molecule has 0 atom stereocenters. The second kappa shape index (κ2) is 9.45. The van der Waals surface area contributed by atoms with Crippen LogP contribution in [0.2, 0.25) is 0 Å². The Kier molecular flexibility index (Phi) is 6.48. The second-order valence-corrected chi connectivity index (χ2v) is 8.94. The van der Waals surface area contributed by atoms with Gasteiger partial charge in [-0.2, -0.15) is 0 Å². The third kappa shape index (κ3) is 5.03. The number of rotatable bonds is 7. The van der Waals surface area contributed by atoms with Crippen molar-refractivity contribution in [3.8, 4) is 11.3 Å². The van der Waals surface area contributed by atoms with Gasteiger partial charge in [-0.3, -0.25) is 14.0 Å². The van der Waals surface area contributed by atoms with Crippen molar-refractivity contribution in [2.45, 2.75) is 13.0 Å². The van der Waals surface area contributed by atoms with E-state index in [9.17, 15) is 9.59 Å². The SMILES string of the molecule is CN(CC(=O)NCc1cnc2scc(-c3ccc(Br)cc3)n12)C(=O)Cc1ccccc1. The lowest BCUT2D eigenvalue weighted by Crippen LogP contribution is -2.38. The molecular formula is C23H21BrN4O2S. The molecule has 0 spiro atoms. The first-order valence-corrected chi connectivity index (χ1v) is 11.4. The summed E-state index contributed by atoms with van der Waals surface area (Å²) >= 11 is 5.02. The number of likely N-dealkylation sites (N-methyl/N-ethyl adjacent to an activating group) is 1. The fourth-order valence-corrected chi connectivity index (χ4v) is 4.42. The molecule has 31 heavy (non-hydrogen) atoms. The summed E-state index contributed by atoms with van der Waals surface area (Å²) in [5.74, 6) is -0.303. The topological polar surface area (TPSA) is 66.7 Å². The number of halogens is 1. The number of carbonyl (C=O) groups excluding carboxylic acids is 2. The first kappa shape index (κ1) is 21.3. The van der Waals surface area contributed by atoms with Gasteiger partial charge in [0.25, 0.3) is 0 Å². The number of fused-ring (bicyclic) bond motifs is 1. The van der Waals surface area contributed by atoms with Gasteiger partial charge < -0.3 is 10.2 Å². The molecular weight excluding hydrogens is 476 g/mol. The van der Waals surface area contributed by atoms with Crippen LogP contribution in [0, 0.1) is 0 Å². The summed E-state index contributed by atoms with van der Waals surface area (Å²) in [5, 5.41) is 4.97. The highest BCUT2D eigenvalue weighted by Crippen LogP contribution is 2.28. The number of nitrogens with one attached hydrogen (secondary N) is 1. The molecule has 8 heteroatoms. The van der Waals surface area contributed by atoms with Gasteiger partial charge in [-0.25, -0.2) is 4.98 Å². The third-order valence-corrected chi connectivity index (χ3v) is 6.30. The van der Waals surface area contributed by atoms with Crippen molar-refractivity contribution in [3.05, 3.63) is 81.9 Å². The predicted octanol–water partition coefficient (Wildman–Crippen LogP) is 4.14. The van der Waals surface area contributed by atoms with Crippen LogP contribution in [-0.4, -0.2) is 39.7 Å². The molecule has 0 aliphatic heterocycles. The minimum absolute atomic E-state index is 0.0107. The van der Waals surface area contributed by atoms with Crippen LogP contribution in [0.5, 0.6) is 0 Å². The second-order valence-electron chi connectivity index (χ2n) is 7.18. The summed E-state index contributed by atoms with van der Waals surface area (Å²) in [6.07, 6.45) is 2.05. The Bertz CT molecular complexity index is 1200. The van der Waals surface area contributed by atoms with Gasteiger partial charge in [-0.15, -0.1) is 11.3 Å². The van der Waals surface area contributed by atoms with Gasteiger partial charge in [-0.05, 0) is 23.3 Å². The van der Waals surface area contributed by atoms with E-state index in [1.165, 1.54) is 4.90 Å². The van der Waals surface area contributed by atoms with Gasteiger partial charge in [0.1, 0.15) is 0 Å². The molecule has 1 N–H and O–H groups in total. The van der Waals surface area contributed by atoms with Crippen LogP contribution < -0.4 is 5.32 Å². The van der Waals surface area contributed by atoms with Crippen LogP contribution >= 0.6 is 27.3 Å². The van der Waals surface area contributed by atoms with E-state index in [4.69, 9.17) is 0 Å². The summed E-state index contributed by atoms with van der Waals surface area (Å²) in [5.41, 5.74) is 3.93. The number of nitrogens with zero attached hydrogens (tertiary/aromatic N) is 3. The normalized spacial score (nSPS) is 10.9. The average Bonchev–Trinajstić information content (AvgIpc) is 3.36. The van der Waals surface area contributed by atoms with Crippen molar-refractivity contribution < 1.29 is 9.59 Å². The van der Waals surface area contributed by atoms with Crippen molar-refractivity contribution in [2.24, 2.45) is 0 Å². The summed E-state index contributed by atoms with van der Waals surface area (Å²) in [6, 6.07) is 17.6. The van der Waals surface area contributed by atoms with Crippen LogP contribution in [0.3, 0.4) is 0 Å². The lowest BCUT2D eigenvalue weighted by Gasteiger charge is -2.17. The van der Waals surface area contributed by atoms with Crippen molar-refractivity contribution >= 4 is 44.0 Å². The highest BCUT2D eigenvalue weighted by atomic mass is 79.9. The fourth-order valence-electron chi connectivity index (χ4n) is 3.27. The van der Waals surface area contributed by atoms with E-state index in [-0.39, 0.29) is 24.8 Å². The lowest BCUT2D eigenvalue weighted by molar-refractivity contribution is -0.134. The summed E-state index contributed by atoms with van der Waals surface area (Å²) in [7, 11) is 1.65. The molecule has 4 rings (SSSR count). The maximum atomic E-state index is 12.4. The Morgan fingerprint density at radius 1 is 1.13 bits per heavy atom. The molecule has 0 bridgehead atoms. The van der Waals surface area contributed by atoms with Crippen LogP contribution in [-0.2, 0) is 22.6 Å². The smallest absolute Gasteiger partial charge is 0.239 e. The van der Waals surface area contributed by atoms with Gasteiger partial charge in [0.15, 0.2) is 4.96 Å². The molecule has 6 nitrogen and oxygen atoms in total. The molecule has 0 aliphatic carbocycles. The molecule has 2 heterocycles. The maximum absolute atomic E-state index is 12.4. The monoisotopic (exact) mass is 496 g/mol. The molecule has 2 aromatic heterocycles. The van der Waals surface area contributed by atoms with Crippen LogP contribution in [0.1, 0.15) is 11.3 Å². The Morgan fingerprint density at radius 3 is 2.61 bits per heavy atom. The molecule has 158 valence electrons. The molecule has 0 radical (unpaired) electrons. The number of carbonyl (C=O) groups is 2. The fraction of sp³-hybridized carbons (Fsp3) is 0.174. The number of thiazole rings is 1. The molecule has 0 aliphatic rings. The van der Waals surface area contributed by atoms with Gasteiger partial charge in [0.05, 0.1) is 37.1 Å². The van der Waals surface area contributed by atoms with E-state index < -0.39 is 0 Å². The van der Waals surface area contributed by atoms with E-state index >= 15 is 0 Å². The number of amides is 2. The summed E-state index contributed by atoms with van der Waals surface area (Å²) in [6.45, 7) is 0.345.